The van der Waals surface area contributed by atoms with Gasteiger partial charge in [0.2, 0.25) is 0 Å². The molecule has 0 saturated carbocycles. The summed E-state index contributed by atoms with van der Waals surface area (Å²) in [6, 6.07) is 16.6. The lowest BCUT2D eigenvalue weighted by molar-refractivity contribution is 0.0981. The van der Waals surface area contributed by atoms with Gasteiger partial charge in [-0.25, -0.2) is 0 Å². The predicted molar refractivity (Wildman–Crippen MR) is 113 cm³/mol. The Bertz CT molecular complexity index is 907. The summed E-state index contributed by atoms with van der Waals surface area (Å²) in [6.07, 6.45) is 2.00. The fourth-order valence-corrected chi connectivity index (χ4v) is 4.10. The summed E-state index contributed by atoms with van der Waals surface area (Å²) in [5.74, 6) is 2.73. The highest BCUT2D eigenvalue weighted by Gasteiger charge is 2.20. The van der Waals surface area contributed by atoms with Crippen molar-refractivity contribution >= 4 is 29.1 Å². The van der Waals surface area contributed by atoms with Gasteiger partial charge in [-0.1, -0.05) is 23.7 Å². The smallest absolute Gasteiger partial charge is 0.164 e. The molecular weight excluding hydrogens is 396 g/mol. The molecule has 1 unspecified atom stereocenters. The molecule has 0 radical (unpaired) electrons. The van der Waals surface area contributed by atoms with Crippen molar-refractivity contribution in [2.45, 2.75) is 17.4 Å². The normalized spacial score (nSPS) is 11.8. The van der Waals surface area contributed by atoms with Crippen LogP contribution in [0.15, 0.2) is 65.3 Å². The summed E-state index contributed by atoms with van der Waals surface area (Å²) in [7, 11) is 3.13. The van der Waals surface area contributed by atoms with Crippen molar-refractivity contribution in [3.63, 3.8) is 0 Å². The van der Waals surface area contributed by atoms with Crippen LogP contribution in [-0.2, 0) is 5.75 Å². The average molecular weight is 417 g/mol. The molecule has 3 aromatic rings. The molecule has 0 fully saturated rings. The van der Waals surface area contributed by atoms with Crippen molar-refractivity contribution in [2.24, 2.45) is 0 Å². The lowest BCUT2D eigenvalue weighted by Gasteiger charge is -2.17. The van der Waals surface area contributed by atoms with Gasteiger partial charge in [0.15, 0.2) is 17.3 Å². The minimum atomic E-state index is -0.0250. The van der Waals surface area contributed by atoms with Gasteiger partial charge >= 0.3 is 0 Å². The third-order valence-electron chi connectivity index (χ3n) is 4.32. The van der Waals surface area contributed by atoms with E-state index >= 15 is 0 Å². The van der Waals surface area contributed by atoms with Gasteiger partial charge < -0.3 is 13.9 Å². The van der Waals surface area contributed by atoms with E-state index in [1.54, 1.807) is 50.4 Å². The summed E-state index contributed by atoms with van der Waals surface area (Å²) in [5, 5.41) is 0.646. The fourth-order valence-electron chi connectivity index (χ4n) is 2.82. The van der Waals surface area contributed by atoms with Crippen LogP contribution in [0.5, 0.6) is 11.5 Å². The first-order chi connectivity index (χ1) is 13.6. The molecule has 1 atom stereocenters. The molecule has 0 aliphatic carbocycles. The number of carbonyl (C=O) groups excluding carboxylic acids is 1. The summed E-state index contributed by atoms with van der Waals surface area (Å²) >= 11 is 7.69. The second-order valence-corrected chi connectivity index (χ2v) is 7.76. The van der Waals surface area contributed by atoms with E-state index < -0.39 is 0 Å². The second-order valence-electron chi connectivity index (χ2n) is 6.13. The molecule has 6 heteroatoms. The first-order valence-corrected chi connectivity index (χ1v) is 10.2. The van der Waals surface area contributed by atoms with Crippen LogP contribution >= 0.6 is 23.4 Å². The number of Topliss-reactive ketones (excluding diaryl/α,β-unsaturated/α-hetero) is 1. The third kappa shape index (κ3) is 5.12. The number of hydrogen-bond donors (Lipinski definition) is 0. The number of thioether (sulfide) groups is 1. The van der Waals surface area contributed by atoms with Crippen LogP contribution in [0.1, 0.15) is 33.4 Å². The van der Waals surface area contributed by atoms with E-state index in [2.05, 4.69) is 0 Å². The Balaban J connectivity index is 1.79. The molecule has 0 aliphatic rings. The van der Waals surface area contributed by atoms with Crippen molar-refractivity contribution in [3.05, 3.63) is 82.8 Å². The standard InChI is InChI=1S/C22H21ClO4S/c1-25-20-10-7-16(12-21(20)26-2)19(24)13-22(15-5-8-17(23)9-6-15)28-14-18-4-3-11-27-18/h3-12,22H,13-14H2,1-2H3. The monoisotopic (exact) mass is 416 g/mol. The number of furan rings is 1. The van der Waals surface area contributed by atoms with E-state index in [1.807, 2.05) is 36.4 Å². The van der Waals surface area contributed by atoms with Crippen molar-refractivity contribution in [1.29, 1.82) is 0 Å². The van der Waals surface area contributed by atoms with Crippen LogP contribution in [0.25, 0.3) is 0 Å². The van der Waals surface area contributed by atoms with Crippen LogP contribution in [0.4, 0.5) is 0 Å². The molecule has 3 rings (SSSR count). The molecule has 0 spiro atoms. The van der Waals surface area contributed by atoms with E-state index in [9.17, 15) is 4.79 Å². The Kier molecular flexibility index (Phi) is 7.06. The highest BCUT2D eigenvalue weighted by Crippen LogP contribution is 2.37. The molecular formula is C22H21ClO4S. The summed E-state index contributed by atoms with van der Waals surface area (Å²) in [5.41, 5.74) is 1.64. The highest BCUT2D eigenvalue weighted by molar-refractivity contribution is 7.98. The van der Waals surface area contributed by atoms with Gasteiger partial charge in [0.25, 0.3) is 0 Å². The molecule has 0 amide bonds. The lowest BCUT2D eigenvalue weighted by Crippen LogP contribution is -2.06. The minimum Gasteiger partial charge on any atom is -0.493 e. The van der Waals surface area contributed by atoms with Crippen LogP contribution in [0.3, 0.4) is 0 Å². The van der Waals surface area contributed by atoms with Crippen molar-refractivity contribution in [3.8, 4) is 11.5 Å². The van der Waals surface area contributed by atoms with Crippen molar-refractivity contribution < 1.29 is 18.7 Å². The number of ether oxygens (including phenoxy) is 2. The number of hydrogen-bond acceptors (Lipinski definition) is 5. The number of methoxy groups -OCH3 is 2. The fraction of sp³-hybridized carbons (Fsp3) is 0.227. The number of halogens is 1. The largest absolute Gasteiger partial charge is 0.493 e. The minimum absolute atomic E-state index is 0.0250. The lowest BCUT2D eigenvalue weighted by atomic mass is 10.0. The van der Waals surface area contributed by atoms with Crippen LogP contribution < -0.4 is 9.47 Å². The van der Waals surface area contributed by atoms with Gasteiger partial charge in [-0.2, -0.15) is 0 Å². The molecule has 1 aromatic heterocycles. The Hall–Kier alpha value is -2.37. The van der Waals surface area contributed by atoms with Crippen molar-refractivity contribution in [2.75, 3.05) is 14.2 Å². The molecule has 1 heterocycles. The number of carbonyl (C=O) groups is 1. The maximum Gasteiger partial charge on any atom is 0.164 e. The second kappa shape index (κ2) is 9.71. The maximum absolute atomic E-state index is 13.0. The van der Waals surface area contributed by atoms with Gasteiger partial charge in [-0.15, -0.1) is 11.8 Å². The van der Waals surface area contributed by atoms with E-state index in [1.165, 1.54) is 0 Å². The van der Waals surface area contributed by atoms with E-state index in [4.69, 9.17) is 25.5 Å². The van der Waals surface area contributed by atoms with E-state index in [0.29, 0.717) is 34.3 Å². The van der Waals surface area contributed by atoms with Gasteiger partial charge in [0.1, 0.15) is 5.76 Å². The Labute approximate surface area is 173 Å². The zero-order valence-electron chi connectivity index (χ0n) is 15.7. The Morgan fingerprint density at radius 1 is 1.07 bits per heavy atom. The van der Waals surface area contributed by atoms with Gasteiger partial charge in [-0.05, 0) is 48.0 Å². The van der Waals surface area contributed by atoms with Crippen LogP contribution in [-0.4, -0.2) is 20.0 Å². The topological polar surface area (TPSA) is 48.7 Å². The zero-order valence-corrected chi connectivity index (χ0v) is 17.3. The van der Waals surface area contributed by atoms with Gasteiger partial charge in [0, 0.05) is 22.3 Å². The third-order valence-corrected chi connectivity index (χ3v) is 5.87. The van der Waals surface area contributed by atoms with Crippen LogP contribution in [0, 0.1) is 0 Å². The van der Waals surface area contributed by atoms with Crippen molar-refractivity contribution in [1.82, 2.24) is 0 Å². The average Bonchev–Trinajstić information content (AvgIpc) is 3.24. The molecule has 146 valence electrons. The highest BCUT2D eigenvalue weighted by atomic mass is 35.5. The van der Waals surface area contributed by atoms with E-state index in [0.717, 1.165) is 11.3 Å². The first kappa shape index (κ1) is 20.4. The number of benzene rings is 2. The molecule has 28 heavy (non-hydrogen) atoms. The Morgan fingerprint density at radius 3 is 2.46 bits per heavy atom. The molecule has 0 N–H and O–H groups in total. The maximum atomic E-state index is 13.0. The van der Waals surface area contributed by atoms with Gasteiger partial charge in [-0.3, -0.25) is 4.79 Å². The summed E-state index contributed by atoms with van der Waals surface area (Å²) in [4.78, 5) is 13.0. The summed E-state index contributed by atoms with van der Waals surface area (Å²) < 4.78 is 16.0. The molecule has 2 aromatic carbocycles. The molecule has 4 nitrogen and oxygen atoms in total. The first-order valence-electron chi connectivity index (χ1n) is 8.75. The van der Waals surface area contributed by atoms with Gasteiger partial charge in [0.05, 0.1) is 26.2 Å². The Morgan fingerprint density at radius 2 is 1.82 bits per heavy atom. The number of ketones is 1. The van der Waals surface area contributed by atoms with E-state index in [-0.39, 0.29) is 11.0 Å². The molecule has 0 saturated heterocycles. The molecule has 0 bridgehead atoms. The SMILES string of the molecule is COc1ccc(C(=O)CC(SCc2ccco2)c2ccc(Cl)cc2)cc1OC. The molecule has 0 aliphatic heterocycles. The zero-order chi connectivity index (χ0) is 19.9. The predicted octanol–water partition coefficient (Wildman–Crippen LogP) is 6.20. The van der Waals surface area contributed by atoms with Crippen LogP contribution in [0.2, 0.25) is 5.02 Å². The number of rotatable bonds is 9. The summed E-state index contributed by atoms with van der Waals surface area (Å²) in [6.45, 7) is 0. The quantitative estimate of drug-likeness (QED) is 0.389.